The Morgan fingerprint density at radius 2 is 1.57 bits per heavy atom. The third kappa shape index (κ3) is 20.8. The molecule has 14 heavy (non-hydrogen) atoms. The molecule has 0 aliphatic heterocycles. The molecule has 3 N–H and O–H groups in total. The molecule has 0 fully saturated rings. The average Bonchev–Trinajstić information content (AvgIpc) is 1.59. The Hall–Kier alpha value is 3.39. The Bertz CT molecular complexity index is 131. The molecule has 68 valence electrons. The van der Waals surface area contributed by atoms with Gasteiger partial charge in [-0.25, -0.2) is 0 Å². The van der Waals surface area contributed by atoms with Crippen molar-refractivity contribution < 1.29 is 20.1 Å². The maximum absolute atomic E-state index is 10.0. The van der Waals surface area contributed by atoms with Crippen LogP contribution in [0, 0.1) is 0 Å². The van der Waals surface area contributed by atoms with Crippen LogP contribution >= 0.6 is 0 Å². The van der Waals surface area contributed by atoms with E-state index in [4.69, 9.17) is 15.3 Å². The fourth-order valence-electron chi connectivity index (χ4n) is 0.655. The summed E-state index contributed by atoms with van der Waals surface area (Å²) in [6.07, 6.45) is -0.229. The van der Waals surface area contributed by atoms with Crippen molar-refractivity contribution in [3.05, 3.63) is 0 Å². The van der Waals surface area contributed by atoms with Crippen LogP contribution in [0.25, 0.3) is 0 Å². The topological polar surface area (TPSA) is 77.8 Å². The summed E-state index contributed by atoms with van der Waals surface area (Å²) in [5, 5.41) is 25.7. The van der Waals surface area contributed by atoms with Crippen molar-refractivity contribution in [3.63, 3.8) is 0 Å². The Balaban J connectivity index is -0.0000000675. The van der Waals surface area contributed by atoms with Crippen LogP contribution in [-0.2, 0) is 4.79 Å². The molecule has 0 rings (SSSR count). The number of hydrogen-bond acceptors (Lipinski definition) is 3. The van der Waals surface area contributed by atoms with Crippen molar-refractivity contribution in [2.45, 2.75) is 25.4 Å². The summed E-state index contributed by atoms with van der Waals surface area (Å²) in [4.78, 5) is 10.0. The van der Waals surface area contributed by atoms with Gasteiger partial charge in [-0.15, -0.1) is 0 Å². The Morgan fingerprint density at radius 1 is 1.21 bits per heavy atom. The molecule has 8 heteroatoms. The molecule has 0 aromatic carbocycles. The summed E-state index contributed by atoms with van der Waals surface area (Å²) >= 11 is 0. The zero-order valence-corrected chi connectivity index (χ0v) is 5.87. The summed E-state index contributed by atoms with van der Waals surface area (Å²) < 4.78 is 0. The van der Waals surface area contributed by atoms with E-state index in [1.807, 2.05) is 0 Å². The van der Waals surface area contributed by atoms with Crippen molar-refractivity contribution in [2.24, 2.45) is 0 Å². The third-order valence-electron chi connectivity index (χ3n) is 1.18. The van der Waals surface area contributed by atoms with Crippen molar-refractivity contribution in [1.82, 2.24) is 0 Å². The van der Waals surface area contributed by atoms with Gasteiger partial charge in [-0.1, -0.05) is 0 Å². The SMILES string of the molecule is C[C@@](O)(CCO)CC(=O)O.[NaH].[NaH].[NaH].[NaH]. The Morgan fingerprint density at radius 3 is 1.79 bits per heavy atom. The fourth-order valence-corrected chi connectivity index (χ4v) is 0.655. The predicted molar refractivity (Wildman–Crippen MR) is 63.2 cm³/mol. The molecule has 0 radical (unpaired) electrons. The van der Waals surface area contributed by atoms with E-state index in [9.17, 15) is 4.79 Å². The number of rotatable bonds is 4. The molecule has 0 saturated heterocycles. The molecular formula is C6H16Na4O4. The van der Waals surface area contributed by atoms with Crippen LogP contribution in [0.4, 0.5) is 0 Å². The van der Waals surface area contributed by atoms with Crippen molar-refractivity contribution >= 4 is 124 Å². The van der Waals surface area contributed by atoms with Gasteiger partial charge >= 0.3 is 124 Å². The minimum absolute atomic E-state index is 0. The molecule has 0 aliphatic rings. The van der Waals surface area contributed by atoms with Gasteiger partial charge in [-0.05, 0) is 13.3 Å². The molecule has 0 saturated carbocycles. The number of carbonyl (C=O) groups is 1. The van der Waals surface area contributed by atoms with Gasteiger partial charge in [0, 0.05) is 6.61 Å². The molecule has 0 aromatic rings. The molecule has 0 unspecified atom stereocenters. The zero-order chi connectivity index (χ0) is 8.20. The van der Waals surface area contributed by atoms with Gasteiger partial charge in [0.15, 0.2) is 0 Å². The predicted octanol–water partition coefficient (Wildman–Crippen LogP) is -3.00. The number of aliphatic carboxylic acids is 1. The number of carboxylic acids is 1. The molecule has 0 bridgehead atoms. The number of hydrogen-bond donors (Lipinski definition) is 3. The van der Waals surface area contributed by atoms with Crippen molar-refractivity contribution in [2.75, 3.05) is 6.61 Å². The van der Waals surface area contributed by atoms with Crippen LogP contribution in [0.2, 0.25) is 0 Å². The van der Waals surface area contributed by atoms with Crippen molar-refractivity contribution in [1.29, 1.82) is 0 Å². The van der Waals surface area contributed by atoms with E-state index in [2.05, 4.69) is 0 Å². The van der Waals surface area contributed by atoms with Gasteiger partial charge in [0.05, 0.1) is 12.0 Å². The first kappa shape index (κ1) is 30.4. The first-order chi connectivity index (χ1) is 4.48. The second-order valence-electron chi connectivity index (χ2n) is 2.54. The van der Waals surface area contributed by atoms with Gasteiger partial charge in [-0.2, -0.15) is 0 Å². The summed E-state index contributed by atoms with van der Waals surface area (Å²) in [6, 6.07) is 0. The molecule has 0 heterocycles. The number of carboxylic acid groups (broad SMARTS) is 1. The van der Waals surface area contributed by atoms with Crippen LogP contribution in [0.1, 0.15) is 19.8 Å². The van der Waals surface area contributed by atoms with E-state index in [1.54, 1.807) is 0 Å². The molecule has 0 aliphatic carbocycles. The van der Waals surface area contributed by atoms with Crippen LogP contribution in [0.5, 0.6) is 0 Å². The molecule has 0 spiro atoms. The summed E-state index contributed by atoms with van der Waals surface area (Å²) in [5.74, 6) is -1.06. The summed E-state index contributed by atoms with van der Waals surface area (Å²) in [7, 11) is 0. The van der Waals surface area contributed by atoms with E-state index in [-0.39, 0.29) is 138 Å². The van der Waals surface area contributed by atoms with Crippen LogP contribution in [0.15, 0.2) is 0 Å². The summed E-state index contributed by atoms with van der Waals surface area (Å²) in [6.45, 7) is 1.19. The van der Waals surface area contributed by atoms with Gasteiger partial charge in [0.1, 0.15) is 0 Å². The molecule has 1 atom stereocenters. The van der Waals surface area contributed by atoms with E-state index in [1.165, 1.54) is 6.92 Å². The maximum atomic E-state index is 10.0. The monoisotopic (exact) mass is 244 g/mol. The second-order valence-corrected chi connectivity index (χ2v) is 2.54. The standard InChI is InChI=1S/C6H12O4.4Na.4H/c1-6(10,2-3-7)4-5(8)9;;;;;;;;/h7,10H,2-4H2,1H3,(H,8,9);;;;;;;;/t6-;;;;;;;;/m1......../s1. The van der Waals surface area contributed by atoms with Crippen LogP contribution in [0.3, 0.4) is 0 Å². The van der Waals surface area contributed by atoms with Crippen molar-refractivity contribution in [3.8, 4) is 0 Å². The number of aliphatic hydroxyl groups excluding tert-OH is 1. The first-order valence-corrected chi connectivity index (χ1v) is 3.03. The first-order valence-electron chi connectivity index (χ1n) is 3.03. The normalized spacial score (nSPS) is 11.6. The molecule has 0 amide bonds. The number of aliphatic hydroxyl groups is 2. The van der Waals surface area contributed by atoms with E-state index < -0.39 is 11.6 Å². The summed E-state index contributed by atoms with van der Waals surface area (Å²) in [5.41, 5.74) is -1.28. The molecule has 0 aromatic heterocycles. The molecule has 4 nitrogen and oxygen atoms in total. The van der Waals surface area contributed by atoms with Crippen LogP contribution in [-0.4, -0.2) is 152 Å². The zero-order valence-electron chi connectivity index (χ0n) is 5.87. The molecular weight excluding hydrogens is 228 g/mol. The Labute approximate surface area is 173 Å². The second kappa shape index (κ2) is 16.4. The van der Waals surface area contributed by atoms with E-state index in [0.717, 1.165) is 0 Å². The minimum atomic E-state index is -1.28. The van der Waals surface area contributed by atoms with Crippen LogP contribution < -0.4 is 0 Å². The van der Waals surface area contributed by atoms with E-state index in [0.29, 0.717) is 0 Å². The van der Waals surface area contributed by atoms with Gasteiger partial charge in [0.2, 0.25) is 0 Å². The van der Waals surface area contributed by atoms with Gasteiger partial charge in [-0.3, -0.25) is 4.79 Å². The quantitative estimate of drug-likeness (QED) is 0.461. The fraction of sp³-hybridized carbons (Fsp3) is 0.833. The van der Waals surface area contributed by atoms with E-state index >= 15 is 0 Å². The third-order valence-corrected chi connectivity index (χ3v) is 1.18. The average molecular weight is 244 g/mol. The van der Waals surface area contributed by atoms with Gasteiger partial charge in [0.25, 0.3) is 0 Å². The van der Waals surface area contributed by atoms with Gasteiger partial charge < -0.3 is 15.3 Å². The Kier molecular flexibility index (Phi) is 35.6.